The maximum Gasteiger partial charge on any atom is 0.321 e. The number of aryl methyl sites for hydroxylation is 1. The van der Waals surface area contributed by atoms with Crippen LogP contribution in [0.3, 0.4) is 0 Å². The maximum absolute atomic E-state index is 11.9. The van der Waals surface area contributed by atoms with Gasteiger partial charge in [0.2, 0.25) is 11.8 Å². The van der Waals surface area contributed by atoms with E-state index in [1.54, 1.807) is 24.3 Å². The molecule has 2 aromatic heterocycles. The van der Waals surface area contributed by atoms with Crippen LogP contribution in [0.5, 0.6) is 11.6 Å². The number of nitrogens with zero attached hydrogens (tertiary/aromatic N) is 4. The Labute approximate surface area is 162 Å². The zero-order chi connectivity index (χ0) is 19.5. The summed E-state index contributed by atoms with van der Waals surface area (Å²) in [4.78, 5) is 26.6. The minimum Gasteiger partial charge on any atom is -0.438 e. The van der Waals surface area contributed by atoms with Crippen molar-refractivity contribution in [2.24, 2.45) is 0 Å². The van der Waals surface area contributed by atoms with E-state index in [0.29, 0.717) is 36.4 Å². The minimum atomic E-state index is -0.0795. The van der Waals surface area contributed by atoms with Crippen LogP contribution in [0.2, 0.25) is 0 Å². The van der Waals surface area contributed by atoms with Gasteiger partial charge in [0, 0.05) is 38.2 Å². The quantitative estimate of drug-likeness (QED) is 0.710. The number of hydrogen-bond acceptors (Lipinski definition) is 6. The van der Waals surface area contributed by atoms with Gasteiger partial charge in [-0.3, -0.25) is 4.90 Å². The van der Waals surface area contributed by atoms with Gasteiger partial charge in [-0.2, -0.15) is 0 Å². The van der Waals surface area contributed by atoms with Crippen molar-refractivity contribution < 1.29 is 9.53 Å². The molecule has 0 radical (unpaired) electrons. The third-order valence-electron chi connectivity index (χ3n) is 4.46. The molecule has 0 unspecified atom stereocenters. The average Bonchev–Trinajstić information content (AvgIpc) is 3.16. The standard InChI is InChI=1S/C20H20N6O2/c1-13-12-14(26-11-10-24-20(26)27)5-6-17(13)28-18-15(4-3-8-22-18)16-7-9-23-19(21-2)25-16/h3-9,12H,10-11H2,1-2H3,(H,24,27)(H,21,23,25). The fraction of sp³-hybridized carbons (Fsp3) is 0.200. The van der Waals surface area contributed by atoms with Gasteiger partial charge < -0.3 is 15.4 Å². The summed E-state index contributed by atoms with van der Waals surface area (Å²) in [6.07, 6.45) is 3.36. The van der Waals surface area contributed by atoms with Crippen molar-refractivity contribution >= 4 is 17.7 Å². The Morgan fingerprint density at radius 2 is 2.07 bits per heavy atom. The van der Waals surface area contributed by atoms with Crippen molar-refractivity contribution in [1.29, 1.82) is 0 Å². The summed E-state index contributed by atoms with van der Waals surface area (Å²) in [6.45, 7) is 3.25. The second kappa shape index (κ2) is 7.51. The molecule has 0 atom stereocenters. The molecule has 0 aliphatic carbocycles. The molecule has 1 aliphatic heterocycles. The number of urea groups is 1. The maximum atomic E-state index is 11.9. The normalized spacial score (nSPS) is 13.4. The molecule has 4 rings (SSSR count). The lowest BCUT2D eigenvalue weighted by atomic mass is 10.1. The second-order valence-electron chi connectivity index (χ2n) is 6.31. The van der Waals surface area contributed by atoms with E-state index in [-0.39, 0.29) is 6.03 Å². The Morgan fingerprint density at radius 1 is 1.18 bits per heavy atom. The van der Waals surface area contributed by atoms with Gasteiger partial charge in [0.15, 0.2) is 0 Å². The summed E-state index contributed by atoms with van der Waals surface area (Å²) in [7, 11) is 1.77. The van der Waals surface area contributed by atoms with Crippen molar-refractivity contribution in [1.82, 2.24) is 20.3 Å². The molecule has 0 saturated carbocycles. The van der Waals surface area contributed by atoms with Gasteiger partial charge in [-0.1, -0.05) is 0 Å². The molecule has 28 heavy (non-hydrogen) atoms. The summed E-state index contributed by atoms with van der Waals surface area (Å²) >= 11 is 0. The highest BCUT2D eigenvalue weighted by molar-refractivity contribution is 5.94. The van der Waals surface area contributed by atoms with E-state index < -0.39 is 0 Å². The second-order valence-corrected chi connectivity index (χ2v) is 6.31. The van der Waals surface area contributed by atoms with Crippen molar-refractivity contribution in [3.63, 3.8) is 0 Å². The molecule has 3 heterocycles. The Morgan fingerprint density at radius 3 is 2.82 bits per heavy atom. The highest BCUT2D eigenvalue weighted by Crippen LogP contribution is 2.33. The third kappa shape index (κ3) is 3.44. The predicted octanol–water partition coefficient (Wildman–Crippen LogP) is 3.21. The lowest BCUT2D eigenvalue weighted by Gasteiger charge is -2.17. The monoisotopic (exact) mass is 376 g/mol. The predicted molar refractivity (Wildman–Crippen MR) is 107 cm³/mol. The van der Waals surface area contributed by atoms with E-state index in [1.165, 1.54) is 0 Å². The topological polar surface area (TPSA) is 92.3 Å². The highest BCUT2D eigenvalue weighted by atomic mass is 16.5. The number of carbonyl (C=O) groups excluding carboxylic acids is 1. The number of aromatic nitrogens is 3. The van der Waals surface area contributed by atoms with E-state index in [9.17, 15) is 4.79 Å². The summed E-state index contributed by atoms with van der Waals surface area (Å²) in [5.41, 5.74) is 3.23. The van der Waals surface area contributed by atoms with Crippen LogP contribution in [0, 0.1) is 6.92 Å². The van der Waals surface area contributed by atoms with Crippen LogP contribution in [0.1, 0.15) is 5.56 Å². The summed E-state index contributed by atoms with van der Waals surface area (Å²) in [5.74, 6) is 1.65. The lowest BCUT2D eigenvalue weighted by molar-refractivity contribution is 0.252. The van der Waals surface area contributed by atoms with Gasteiger partial charge in [-0.15, -0.1) is 0 Å². The molecule has 0 spiro atoms. The summed E-state index contributed by atoms with van der Waals surface area (Å²) in [6, 6.07) is 11.1. The Hall–Kier alpha value is -3.68. The van der Waals surface area contributed by atoms with E-state index in [0.717, 1.165) is 16.8 Å². The molecule has 3 aromatic rings. The molecule has 1 aliphatic rings. The fourth-order valence-corrected chi connectivity index (χ4v) is 3.03. The number of anilines is 2. The van der Waals surface area contributed by atoms with E-state index in [4.69, 9.17) is 4.74 Å². The highest BCUT2D eigenvalue weighted by Gasteiger charge is 2.22. The van der Waals surface area contributed by atoms with Crippen LogP contribution in [-0.4, -0.2) is 41.1 Å². The van der Waals surface area contributed by atoms with Crippen LogP contribution in [0.25, 0.3) is 11.3 Å². The van der Waals surface area contributed by atoms with Crippen LogP contribution in [0.4, 0.5) is 16.4 Å². The molecule has 0 bridgehead atoms. The number of ether oxygens (including phenoxy) is 1. The van der Waals surface area contributed by atoms with E-state index in [2.05, 4.69) is 25.6 Å². The Bertz CT molecular complexity index is 1020. The molecule has 2 N–H and O–H groups in total. The minimum absolute atomic E-state index is 0.0795. The molecule has 1 saturated heterocycles. The van der Waals surface area contributed by atoms with Crippen molar-refractivity contribution in [3.8, 4) is 22.9 Å². The van der Waals surface area contributed by atoms with E-state index >= 15 is 0 Å². The molecule has 8 heteroatoms. The van der Waals surface area contributed by atoms with Gasteiger partial charge in [0.05, 0.1) is 11.3 Å². The number of rotatable bonds is 5. The largest absolute Gasteiger partial charge is 0.438 e. The molecule has 2 amide bonds. The van der Waals surface area contributed by atoms with Crippen LogP contribution in [-0.2, 0) is 0 Å². The first kappa shape index (κ1) is 17.7. The van der Waals surface area contributed by atoms with Gasteiger partial charge in [0.1, 0.15) is 5.75 Å². The smallest absolute Gasteiger partial charge is 0.321 e. The van der Waals surface area contributed by atoms with Gasteiger partial charge in [0.25, 0.3) is 0 Å². The van der Waals surface area contributed by atoms with Gasteiger partial charge in [-0.05, 0) is 48.9 Å². The zero-order valence-electron chi connectivity index (χ0n) is 15.6. The molecular formula is C20H20N6O2. The average molecular weight is 376 g/mol. The third-order valence-corrected chi connectivity index (χ3v) is 4.46. The lowest BCUT2D eigenvalue weighted by Crippen LogP contribution is -2.27. The van der Waals surface area contributed by atoms with Crippen molar-refractivity contribution in [3.05, 3.63) is 54.4 Å². The number of nitrogens with one attached hydrogen (secondary N) is 2. The molecule has 1 fully saturated rings. The van der Waals surface area contributed by atoms with Gasteiger partial charge in [-0.25, -0.2) is 19.7 Å². The zero-order valence-corrected chi connectivity index (χ0v) is 15.6. The first-order valence-electron chi connectivity index (χ1n) is 8.96. The SMILES string of the molecule is CNc1nccc(-c2cccnc2Oc2ccc(N3CCNC3=O)cc2C)n1. The number of carbonyl (C=O) groups is 1. The number of hydrogen-bond donors (Lipinski definition) is 2. The first-order valence-corrected chi connectivity index (χ1v) is 8.96. The van der Waals surface area contributed by atoms with E-state index in [1.807, 2.05) is 43.3 Å². The molecular weight excluding hydrogens is 356 g/mol. The molecule has 142 valence electrons. The summed E-state index contributed by atoms with van der Waals surface area (Å²) < 4.78 is 6.10. The Kier molecular flexibility index (Phi) is 4.76. The number of benzene rings is 1. The van der Waals surface area contributed by atoms with Crippen molar-refractivity contribution in [2.75, 3.05) is 30.4 Å². The molecule has 1 aromatic carbocycles. The number of pyridine rings is 1. The molecule has 8 nitrogen and oxygen atoms in total. The number of amides is 2. The first-order chi connectivity index (χ1) is 13.7. The van der Waals surface area contributed by atoms with Crippen LogP contribution < -0.4 is 20.3 Å². The van der Waals surface area contributed by atoms with Crippen LogP contribution >= 0.6 is 0 Å². The Balaban J connectivity index is 1.64. The van der Waals surface area contributed by atoms with Crippen LogP contribution in [0.15, 0.2) is 48.8 Å². The summed E-state index contributed by atoms with van der Waals surface area (Å²) in [5, 5.41) is 5.74. The van der Waals surface area contributed by atoms with Crippen molar-refractivity contribution in [2.45, 2.75) is 6.92 Å². The fourth-order valence-electron chi connectivity index (χ4n) is 3.03. The van der Waals surface area contributed by atoms with Gasteiger partial charge >= 0.3 is 6.03 Å².